The van der Waals surface area contributed by atoms with Gasteiger partial charge < -0.3 is 36.6 Å². The van der Waals surface area contributed by atoms with Crippen molar-refractivity contribution in [3.8, 4) is 5.75 Å². The maximum absolute atomic E-state index is 12.7. The summed E-state index contributed by atoms with van der Waals surface area (Å²) in [7, 11) is 0. The highest BCUT2D eigenvalue weighted by Crippen LogP contribution is 2.30. The molecule has 2 atom stereocenters. The number of rotatable bonds is 8. The zero-order chi connectivity index (χ0) is 28.0. The van der Waals surface area contributed by atoms with E-state index in [1.807, 2.05) is 26.8 Å². The molecule has 0 bridgehead atoms. The van der Waals surface area contributed by atoms with Crippen LogP contribution in [-0.2, 0) is 15.0 Å². The third-order valence-electron chi connectivity index (χ3n) is 5.72. The number of aliphatic carboxylic acids is 1. The largest absolute Gasteiger partial charge is 0.508 e. The number of nitrogens with zero attached hydrogens (tertiary/aromatic N) is 1. The molecule has 3 rings (SSSR count). The van der Waals surface area contributed by atoms with Crippen LogP contribution >= 0.6 is 11.6 Å². The van der Waals surface area contributed by atoms with Gasteiger partial charge in [-0.05, 0) is 40.8 Å². The van der Waals surface area contributed by atoms with Crippen LogP contribution in [0.2, 0.25) is 5.02 Å². The van der Waals surface area contributed by atoms with Gasteiger partial charge in [0.1, 0.15) is 5.75 Å². The zero-order valence-corrected chi connectivity index (χ0v) is 22.1. The summed E-state index contributed by atoms with van der Waals surface area (Å²) in [6, 6.07) is 8.45. The lowest BCUT2D eigenvalue weighted by atomic mass is 9.85. The summed E-state index contributed by atoms with van der Waals surface area (Å²) in [5.74, 6) is -2.13. The Morgan fingerprint density at radius 2 is 1.89 bits per heavy atom. The predicted octanol–water partition coefficient (Wildman–Crippen LogP) is 2.14. The Morgan fingerprint density at radius 3 is 2.53 bits per heavy atom. The van der Waals surface area contributed by atoms with Gasteiger partial charge in [-0.1, -0.05) is 38.4 Å². The van der Waals surface area contributed by atoms with E-state index in [9.17, 15) is 29.7 Å². The van der Waals surface area contributed by atoms with Crippen molar-refractivity contribution in [3.05, 3.63) is 58.1 Å². The molecular weight excluding hydrogens is 514 g/mol. The maximum atomic E-state index is 12.7. The van der Waals surface area contributed by atoms with Crippen molar-refractivity contribution >= 4 is 41.0 Å². The second-order valence-corrected chi connectivity index (χ2v) is 10.5. The van der Waals surface area contributed by atoms with E-state index in [2.05, 4.69) is 26.3 Å². The number of nitrogens with one attached hydrogen (secondary N) is 4. The SMILES string of the molecule is CC(C)(C)c1cc(Cl)cc([C@H](CC(=O)O)NC(=O)CNC(=O)c2cc(O)cc(NC3=NCC(O)CN3)c2)c1. The van der Waals surface area contributed by atoms with Crippen LogP contribution in [0.1, 0.15) is 54.7 Å². The number of aliphatic imine (C=N–C) groups is 1. The van der Waals surface area contributed by atoms with Crippen LogP contribution in [0.15, 0.2) is 41.4 Å². The molecule has 0 fully saturated rings. The first-order chi connectivity index (χ1) is 17.8. The molecule has 0 saturated carbocycles. The Hall–Kier alpha value is -3.83. The number of amides is 2. The third-order valence-corrected chi connectivity index (χ3v) is 5.94. The van der Waals surface area contributed by atoms with Crippen molar-refractivity contribution < 1.29 is 29.7 Å². The van der Waals surface area contributed by atoms with E-state index in [1.54, 1.807) is 12.1 Å². The van der Waals surface area contributed by atoms with Gasteiger partial charge in [0.25, 0.3) is 5.91 Å². The Morgan fingerprint density at radius 1 is 1.16 bits per heavy atom. The van der Waals surface area contributed by atoms with Crippen LogP contribution in [0.25, 0.3) is 0 Å². The zero-order valence-electron chi connectivity index (χ0n) is 21.3. The second kappa shape index (κ2) is 12.1. The Kier molecular flexibility index (Phi) is 9.18. The summed E-state index contributed by atoms with van der Waals surface area (Å²) in [5.41, 5.74) is 1.64. The fourth-order valence-corrected chi connectivity index (χ4v) is 3.99. The number of hydrogen-bond donors (Lipinski definition) is 7. The number of carboxylic acid groups (broad SMARTS) is 1. The van der Waals surface area contributed by atoms with E-state index in [-0.39, 0.29) is 29.7 Å². The number of guanidine groups is 1. The van der Waals surface area contributed by atoms with Crippen LogP contribution in [0.5, 0.6) is 5.75 Å². The number of carbonyl (C=O) groups excluding carboxylic acids is 2. The fourth-order valence-electron chi connectivity index (χ4n) is 3.75. The highest BCUT2D eigenvalue weighted by atomic mass is 35.5. The molecule has 2 aromatic carbocycles. The number of phenols is 1. The van der Waals surface area contributed by atoms with Gasteiger partial charge in [0.15, 0.2) is 5.96 Å². The van der Waals surface area contributed by atoms with Crippen molar-refractivity contribution in [1.82, 2.24) is 16.0 Å². The topological polar surface area (TPSA) is 172 Å². The smallest absolute Gasteiger partial charge is 0.305 e. The molecule has 0 spiro atoms. The van der Waals surface area contributed by atoms with Crippen molar-refractivity contribution in [2.45, 2.75) is 44.8 Å². The molecule has 38 heavy (non-hydrogen) atoms. The molecule has 0 radical (unpaired) electrons. The van der Waals surface area contributed by atoms with Crippen molar-refractivity contribution in [2.24, 2.45) is 4.99 Å². The van der Waals surface area contributed by atoms with Crippen molar-refractivity contribution in [1.29, 1.82) is 0 Å². The highest BCUT2D eigenvalue weighted by Gasteiger charge is 2.23. The minimum Gasteiger partial charge on any atom is -0.508 e. The third kappa shape index (κ3) is 8.35. The lowest BCUT2D eigenvalue weighted by Crippen LogP contribution is -2.42. The Bertz CT molecular complexity index is 1240. The van der Waals surface area contributed by atoms with Crippen molar-refractivity contribution in [2.75, 3.05) is 25.0 Å². The van der Waals surface area contributed by atoms with Crippen LogP contribution in [0.3, 0.4) is 0 Å². The summed E-state index contributed by atoms with van der Waals surface area (Å²) in [6.45, 7) is 6.08. The minimum atomic E-state index is -1.11. The molecule has 2 aromatic rings. The number of β-amino-alcohol motifs (C(OH)–C–C–N with tert-alkyl or cyclic N) is 1. The molecule has 2 amide bonds. The molecule has 1 heterocycles. The molecule has 1 unspecified atom stereocenters. The standard InChI is InChI=1S/C26H32ClN5O6/c1-26(2,3)16-4-14(5-17(27)8-16)21(10-23(36)37)32-22(35)13-28-24(38)15-6-18(9-19(33)7-15)31-25-29-11-20(34)12-30-25/h4-9,20-21,33-34H,10-13H2,1-3H3,(H,28,38)(H,32,35)(H,36,37)(H2,29,30,31)/t21-/m0/s1. The van der Waals surface area contributed by atoms with Gasteiger partial charge in [-0.15, -0.1) is 0 Å². The number of carboxylic acids is 1. The Balaban J connectivity index is 1.67. The fraction of sp³-hybridized carbons (Fsp3) is 0.385. The molecule has 204 valence electrons. The lowest BCUT2D eigenvalue weighted by Gasteiger charge is -2.23. The van der Waals surface area contributed by atoms with Gasteiger partial charge >= 0.3 is 5.97 Å². The summed E-state index contributed by atoms with van der Waals surface area (Å²) >= 11 is 6.27. The minimum absolute atomic E-state index is 0.0866. The molecule has 1 aliphatic heterocycles. The molecule has 12 heteroatoms. The van der Waals surface area contributed by atoms with Crippen LogP contribution in [0, 0.1) is 0 Å². The number of anilines is 1. The molecule has 0 aromatic heterocycles. The lowest BCUT2D eigenvalue weighted by molar-refractivity contribution is -0.137. The average Bonchev–Trinajstić information content (AvgIpc) is 2.82. The van der Waals surface area contributed by atoms with Crippen LogP contribution in [0.4, 0.5) is 5.69 Å². The first kappa shape index (κ1) is 28.7. The van der Waals surface area contributed by atoms with Gasteiger partial charge in [0.05, 0.1) is 31.7 Å². The number of phenolic OH excluding ortho intramolecular Hbond substituents is 1. The summed E-state index contributed by atoms with van der Waals surface area (Å²) in [6.07, 6.45) is -0.966. The van der Waals surface area contributed by atoms with Gasteiger partial charge in [0.2, 0.25) is 5.91 Å². The molecule has 0 saturated heterocycles. The predicted molar refractivity (Wildman–Crippen MR) is 144 cm³/mol. The number of hydrogen-bond acceptors (Lipinski definition) is 8. The number of aromatic hydroxyl groups is 1. The van der Waals surface area contributed by atoms with Gasteiger partial charge in [-0.2, -0.15) is 0 Å². The average molecular weight is 546 g/mol. The van der Waals surface area contributed by atoms with Gasteiger partial charge in [0, 0.05) is 28.9 Å². The summed E-state index contributed by atoms with van der Waals surface area (Å²) < 4.78 is 0. The van der Waals surface area contributed by atoms with E-state index in [0.717, 1.165) is 5.56 Å². The molecule has 1 aliphatic rings. The molecular formula is C26H32ClN5O6. The van der Waals surface area contributed by atoms with Gasteiger partial charge in [-0.25, -0.2) is 0 Å². The highest BCUT2D eigenvalue weighted by molar-refractivity contribution is 6.30. The van der Waals surface area contributed by atoms with Crippen molar-refractivity contribution in [3.63, 3.8) is 0 Å². The number of carbonyl (C=O) groups is 3. The second-order valence-electron chi connectivity index (χ2n) is 10.0. The van der Waals surface area contributed by atoms with E-state index >= 15 is 0 Å². The number of benzene rings is 2. The first-order valence-electron chi connectivity index (χ1n) is 12.0. The van der Waals surface area contributed by atoms with E-state index in [1.165, 1.54) is 18.2 Å². The number of aliphatic hydroxyl groups is 1. The van der Waals surface area contributed by atoms with E-state index in [4.69, 9.17) is 11.6 Å². The monoisotopic (exact) mass is 545 g/mol. The molecule has 0 aliphatic carbocycles. The van der Waals surface area contributed by atoms with Crippen LogP contribution < -0.4 is 21.3 Å². The molecule has 11 nitrogen and oxygen atoms in total. The first-order valence-corrected chi connectivity index (χ1v) is 12.4. The Labute approximate surface area is 225 Å². The maximum Gasteiger partial charge on any atom is 0.305 e. The summed E-state index contributed by atoms with van der Waals surface area (Å²) in [4.78, 5) is 41.0. The number of halogens is 1. The normalized spacial score (nSPS) is 16.0. The van der Waals surface area contributed by atoms with E-state index < -0.39 is 36.5 Å². The summed E-state index contributed by atoms with van der Waals surface area (Å²) in [5, 5.41) is 40.3. The van der Waals surface area contributed by atoms with Gasteiger partial charge in [-0.3, -0.25) is 19.4 Å². The van der Waals surface area contributed by atoms with E-state index in [0.29, 0.717) is 28.8 Å². The quantitative estimate of drug-likeness (QED) is 0.264. The van der Waals surface area contributed by atoms with Crippen LogP contribution in [-0.4, -0.2) is 64.8 Å². The molecule has 7 N–H and O–H groups in total. The number of aliphatic hydroxyl groups excluding tert-OH is 1.